The van der Waals surface area contributed by atoms with E-state index in [0.717, 1.165) is 49.0 Å². The monoisotopic (exact) mass is 578 g/mol. The Balaban J connectivity index is 1.41. The summed E-state index contributed by atoms with van der Waals surface area (Å²) in [6.07, 6.45) is 8.73. The van der Waals surface area contributed by atoms with E-state index in [-0.39, 0.29) is 34.7 Å². The second kappa shape index (κ2) is 9.80. The largest absolute Gasteiger partial charge is 0.459 e. The molecule has 0 heterocycles. The van der Waals surface area contributed by atoms with Crippen LogP contribution in [0, 0.1) is 62.6 Å². The second-order valence-electron chi connectivity index (χ2n) is 17.5. The predicted octanol–water partition coefficient (Wildman–Crippen LogP) is 8.19. The quantitative estimate of drug-likeness (QED) is 0.355. The van der Waals surface area contributed by atoms with E-state index >= 15 is 0 Å². The van der Waals surface area contributed by atoms with Crippen LogP contribution >= 0.6 is 0 Å². The predicted molar refractivity (Wildman–Crippen MR) is 167 cm³/mol. The van der Waals surface area contributed by atoms with Crippen molar-refractivity contribution >= 4 is 5.97 Å². The van der Waals surface area contributed by atoms with E-state index in [0.29, 0.717) is 17.8 Å². The molecule has 5 aliphatic rings. The van der Waals surface area contributed by atoms with Crippen LogP contribution in [-0.4, -0.2) is 27.9 Å². The molecule has 2 N–H and O–H groups in total. The topological polar surface area (TPSA) is 66.8 Å². The maximum absolute atomic E-state index is 14.2. The van der Waals surface area contributed by atoms with E-state index in [1.54, 1.807) is 0 Å². The van der Waals surface area contributed by atoms with Gasteiger partial charge in [-0.3, -0.25) is 0 Å². The highest BCUT2D eigenvalue weighted by Gasteiger charge is 2.77. The molecule has 0 radical (unpaired) electrons. The first-order valence-corrected chi connectivity index (χ1v) is 17.2. The fourth-order valence-corrected chi connectivity index (χ4v) is 13.0. The van der Waals surface area contributed by atoms with E-state index < -0.39 is 23.1 Å². The highest BCUT2D eigenvalue weighted by molar-refractivity contribution is 5.82. The SMILES string of the molecule is C[C@@H]1[C@H]2[C@H]3CC[C@@H]4[C@]5(C)[C@@H](CC[C@@]4(C)[C@]3(C)CC[C@@]2(C)CC[C@H]1C)C(C)(C)C[C@H](O)C5(O)C(=O)OCc1ccccc1. The van der Waals surface area contributed by atoms with Gasteiger partial charge in [0.05, 0.1) is 6.10 Å². The molecule has 0 aliphatic heterocycles. The number of benzene rings is 1. The van der Waals surface area contributed by atoms with E-state index in [1.165, 1.54) is 25.7 Å². The van der Waals surface area contributed by atoms with Crippen LogP contribution in [0.4, 0.5) is 0 Å². The highest BCUT2D eigenvalue weighted by Crippen LogP contribution is 2.78. The Morgan fingerprint density at radius 3 is 2.24 bits per heavy atom. The third-order valence-electron chi connectivity index (χ3n) is 15.6. The van der Waals surface area contributed by atoms with Crippen molar-refractivity contribution < 1.29 is 19.7 Å². The molecule has 0 amide bonds. The summed E-state index contributed by atoms with van der Waals surface area (Å²) >= 11 is 0. The van der Waals surface area contributed by atoms with Gasteiger partial charge in [-0.05, 0) is 121 Å². The maximum Gasteiger partial charge on any atom is 0.341 e. The van der Waals surface area contributed by atoms with E-state index in [9.17, 15) is 15.0 Å². The highest BCUT2D eigenvalue weighted by atomic mass is 16.6. The lowest BCUT2D eigenvalue weighted by atomic mass is 9.29. The number of hydrogen-bond donors (Lipinski definition) is 2. The lowest BCUT2D eigenvalue weighted by Gasteiger charge is -2.75. The molecule has 6 rings (SSSR count). The van der Waals surface area contributed by atoms with Crippen LogP contribution in [0.1, 0.15) is 119 Å². The lowest BCUT2D eigenvalue weighted by Crippen LogP contribution is -2.76. The van der Waals surface area contributed by atoms with Gasteiger partial charge in [0.1, 0.15) is 6.61 Å². The van der Waals surface area contributed by atoms with Gasteiger partial charge in [-0.1, -0.05) is 85.7 Å². The minimum absolute atomic E-state index is 0.0241. The van der Waals surface area contributed by atoms with E-state index in [2.05, 4.69) is 55.4 Å². The molecule has 5 fully saturated rings. The molecule has 42 heavy (non-hydrogen) atoms. The van der Waals surface area contributed by atoms with Gasteiger partial charge in [0.25, 0.3) is 0 Å². The van der Waals surface area contributed by atoms with Crippen LogP contribution in [0.15, 0.2) is 30.3 Å². The van der Waals surface area contributed by atoms with Crippen molar-refractivity contribution in [3.63, 3.8) is 0 Å². The summed E-state index contributed by atoms with van der Waals surface area (Å²) in [5.41, 5.74) is -1.47. The fraction of sp³-hybridized carbons (Fsp3) is 0.816. The number of ether oxygens (including phenoxy) is 1. The van der Waals surface area contributed by atoms with Gasteiger partial charge in [-0.15, -0.1) is 0 Å². The average Bonchev–Trinajstić information content (AvgIpc) is 2.93. The molecule has 4 heteroatoms. The van der Waals surface area contributed by atoms with Crippen LogP contribution in [0.3, 0.4) is 0 Å². The summed E-state index contributed by atoms with van der Waals surface area (Å²) in [5.74, 6) is 2.51. The normalized spacial score (nSPS) is 51.3. The number of fused-ring (bicyclic) bond motifs is 7. The van der Waals surface area contributed by atoms with Crippen LogP contribution in [0.25, 0.3) is 0 Å². The van der Waals surface area contributed by atoms with Crippen molar-refractivity contribution in [1.82, 2.24) is 0 Å². The van der Waals surface area contributed by atoms with Gasteiger partial charge in [0.15, 0.2) is 5.60 Å². The first kappa shape index (κ1) is 30.6. The smallest absolute Gasteiger partial charge is 0.341 e. The molecule has 0 bridgehead atoms. The number of aliphatic hydroxyl groups excluding tert-OH is 1. The molecule has 5 aliphatic carbocycles. The summed E-state index contributed by atoms with van der Waals surface area (Å²) in [6, 6.07) is 9.68. The van der Waals surface area contributed by atoms with Gasteiger partial charge in [0, 0.05) is 5.41 Å². The maximum atomic E-state index is 14.2. The molecule has 0 spiro atoms. The zero-order chi connectivity index (χ0) is 30.5. The van der Waals surface area contributed by atoms with E-state index in [1.807, 2.05) is 30.3 Å². The Bertz CT molecular complexity index is 1190. The third kappa shape index (κ3) is 3.88. The lowest BCUT2D eigenvalue weighted by molar-refractivity contribution is -0.312. The zero-order valence-corrected chi connectivity index (χ0v) is 27.7. The molecule has 1 unspecified atom stereocenters. The fourth-order valence-electron chi connectivity index (χ4n) is 13.0. The number of esters is 1. The van der Waals surface area contributed by atoms with Gasteiger partial charge in [-0.2, -0.15) is 0 Å². The Kier molecular flexibility index (Phi) is 7.15. The number of carbonyl (C=O) groups is 1. The summed E-state index contributed by atoms with van der Waals surface area (Å²) in [7, 11) is 0. The van der Waals surface area contributed by atoms with Crippen LogP contribution in [0.2, 0.25) is 0 Å². The molecule has 4 nitrogen and oxygen atoms in total. The zero-order valence-electron chi connectivity index (χ0n) is 27.7. The van der Waals surface area contributed by atoms with Crippen molar-refractivity contribution in [2.45, 2.75) is 131 Å². The molecule has 0 saturated heterocycles. The Morgan fingerprint density at radius 2 is 1.55 bits per heavy atom. The Morgan fingerprint density at radius 1 is 0.857 bits per heavy atom. The molecule has 1 aromatic carbocycles. The number of rotatable bonds is 3. The molecule has 1 aromatic rings. The van der Waals surface area contributed by atoms with Gasteiger partial charge < -0.3 is 14.9 Å². The van der Waals surface area contributed by atoms with Gasteiger partial charge >= 0.3 is 5.97 Å². The van der Waals surface area contributed by atoms with Crippen molar-refractivity contribution in [1.29, 1.82) is 0 Å². The number of aliphatic hydroxyl groups is 2. The second-order valence-corrected chi connectivity index (χ2v) is 17.5. The summed E-state index contributed by atoms with van der Waals surface area (Å²) in [4.78, 5) is 14.2. The molecule has 0 aromatic heterocycles. The Hall–Kier alpha value is -1.39. The van der Waals surface area contributed by atoms with Crippen molar-refractivity contribution in [3.8, 4) is 0 Å². The standard InChI is InChI=1S/C38H58O4/c1-24-16-18-34(5)20-21-35(6)27(31(34)25(24)2)14-15-29-36(35,7)19-17-28-33(3,4)22-30(39)38(41,37(28,29)8)32(40)42-23-26-12-10-9-11-13-26/h9-13,24-25,27-31,39,41H,14-23H2,1-8H3/t24-,25+,27-,28+,29+,30+,31+,34-,35-,36-,37+,38?/m1/s1. The number of carbonyl (C=O) groups excluding carboxylic acids is 1. The molecular formula is C38H58O4. The summed E-state index contributed by atoms with van der Waals surface area (Å²) < 4.78 is 5.93. The van der Waals surface area contributed by atoms with Crippen LogP contribution in [0.5, 0.6) is 0 Å². The third-order valence-corrected chi connectivity index (χ3v) is 15.6. The Labute approximate surface area is 255 Å². The van der Waals surface area contributed by atoms with Crippen LogP contribution < -0.4 is 0 Å². The molecule has 12 atom stereocenters. The minimum Gasteiger partial charge on any atom is -0.459 e. The minimum atomic E-state index is -1.94. The number of hydrogen-bond acceptors (Lipinski definition) is 4. The van der Waals surface area contributed by atoms with Crippen molar-refractivity contribution in [2.75, 3.05) is 0 Å². The molecular weight excluding hydrogens is 520 g/mol. The molecule has 5 saturated carbocycles. The molecule has 234 valence electrons. The van der Waals surface area contributed by atoms with Crippen LogP contribution in [-0.2, 0) is 16.1 Å². The van der Waals surface area contributed by atoms with Crippen molar-refractivity contribution in [2.24, 2.45) is 62.6 Å². The van der Waals surface area contributed by atoms with Gasteiger partial charge in [-0.25, -0.2) is 4.79 Å². The first-order valence-electron chi connectivity index (χ1n) is 17.2. The first-order chi connectivity index (χ1) is 19.6. The van der Waals surface area contributed by atoms with Gasteiger partial charge in [0.2, 0.25) is 0 Å². The summed E-state index contributed by atoms with van der Waals surface area (Å²) in [6.45, 7) is 19.5. The average molecular weight is 579 g/mol. The van der Waals surface area contributed by atoms with Crippen molar-refractivity contribution in [3.05, 3.63) is 35.9 Å². The van der Waals surface area contributed by atoms with E-state index in [4.69, 9.17) is 4.74 Å². The summed E-state index contributed by atoms with van der Waals surface area (Å²) in [5, 5.41) is 24.6.